The van der Waals surface area contributed by atoms with Gasteiger partial charge in [-0.25, -0.2) is 0 Å². The van der Waals surface area contributed by atoms with E-state index in [4.69, 9.17) is 4.74 Å². The predicted octanol–water partition coefficient (Wildman–Crippen LogP) is 5.05. The summed E-state index contributed by atoms with van der Waals surface area (Å²) in [7, 11) is 0. The molecule has 0 saturated carbocycles. The van der Waals surface area contributed by atoms with E-state index >= 15 is 0 Å². The van der Waals surface area contributed by atoms with E-state index in [1.54, 1.807) is 6.92 Å². The molecule has 1 aliphatic rings. The van der Waals surface area contributed by atoms with Gasteiger partial charge in [-0.2, -0.15) is 0 Å². The second-order valence-electron chi connectivity index (χ2n) is 5.28. The zero-order valence-corrected chi connectivity index (χ0v) is 14.4. The molecule has 1 aromatic carbocycles. The Balaban J connectivity index is 0.000000377. The molecule has 0 aromatic heterocycles. The van der Waals surface area contributed by atoms with E-state index in [1.165, 1.54) is 5.56 Å². The van der Waals surface area contributed by atoms with Crippen LogP contribution >= 0.6 is 0 Å². The van der Waals surface area contributed by atoms with Gasteiger partial charge in [-0.3, -0.25) is 4.79 Å². The van der Waals surface area contributed by atoms with Crippen molar-refractivity contribution in [1.82, 2.24) is 0 Å². The van der Waals surface area contributed by atoms with Gasteiger partial charge in [0, 0.05) is 12.5 Å². The maximum absolute atomic E-state index is 11.3. The molecule has 0 aliphatic carbocycles. The summed E-state index contributed by atoms with van der Waals surface area (Å²) in [5, 5.41) is 0. The minimum Gasteiger partial charge on any atom is -0.381 e. The van der Waals surface area contributed by atoms with E-state index < -0.39 is 0 Å². The molecule has 1 saturated heterocycles. The fourth-order valence-corrected chi connectivity index (χ4v) is 2.49. The normalized spacial score (nSPS) is 17.9. The van der Waals surface area contributed by atoms with E-state index in [2.05, 4.69) is 26.0 Å². The highest BCUT2D eigenvalue weighted by molar-refractivity contribution is 5.78. The van der Waals surface area contributed by atoms with Gasteiger partial charge in [-0.05, 0) is 32.6 Å². The minimum atomic E-state index is 0.262. The van der Waals surface area contributed by atoms with Crippen LogP contribution in [0.2, 0.25) is 0 Å². The standard InChI is InChI=1S/C10H18O2.C7H8.C2H6/c1-3-4-10(8(2)11)9-5-6-12-7-9;1-7-5-3-2-4-6-7;1-2/h9-10H,3-7H2,1-2H3;2-6H,1H3;1-2H3. The fourth-order valence-electron chi connectivity index (χ4n) is 2.49. The predicted molar refractivity (Wildman–Crippen MR) is 90.5 cm³/mol. The Morgan fingerprint density at radius 2 is 1.90 bits per heavy atom. The molecule has 1 aliphatic heterocycles. The van der Waals surface area contributed by atoms with Crippen molar-refractivity contribution in [3.63, 3.8) is 0 Å². The molecule has 21 heavy (non-hydrogen) atoms. The van der Waals surface area contributed by atoms with E-state index in [0.29, 0.717) is 11.7 Å². The van der Waals surface area contributed by atoms with Crippen LogP contribution in [-0.4, -0.2) is 19.0 Å². The van der Waals surface area contributed by atoms with Crippen LogP contribution < -0.4 is 0 Å². The highest BCUT2D eigenvalue weighted by atomic mass is 16.5. The highest BCUT2D eigenvalue weighted by Crippen LogP contribution is 2.26. The summed E-state index contributed by atoms with van der Waals surface area (Å²) in [6.45, 7) is 11.6. The first-order valence-electron chi connectivity index (χ1n) is 8.25. The van der Waals surface area contributed by atoms with Crippen LogP contribution in [0.15, 0.2) is 30.3 Å². The Kier molecular flexibility index (Phi) is 11.9. The first-order chi connectivity index (χ1) is 10.1. The van der Waals surface area contributed by atoms with Crippen molar-refractivity contribution in [2.45, 2.75) is 53.9 Å². The van der Waals surface area contributed by atoms with Gasteiger partial charge in [-0.15, -0.1) is 0 Å². The van der Waals surface area contributed by atoms with Crippen molar-refractivity contribution in [3.05, 3.63) is 35.9 Å². The number of carbonyl (C=O) groups excluding carboxylic acids is 1. The number of aryl methyl sites for hydroxylation is 1. The SMILES string of the molecule is CC.CCCC(C(C)=O)C1CCOC1.Cc1ccccc1. The molecule has 0 spiro atoms. The average Bonchev–Trinajstić information content (AvgIpc) is 3.02. The van der Waals surface area contributed by atoms with Crippen molar-refractivity contribution in [2.75, 3.05) is 13.2 Å². The molecule has 2 rings (SSSR count). The lowest BCUT2D eigenvalue weighted by Gasteiger charge is -2.18. The third-order valence-corrected chi connectivity index (χ3v) is 3.60. The second kappa shape index (κ2) is 12.6. The zero-order chi connectivity index (χ0) is 16.1. The second-order valence-corrected chi connectivity index (χ2v) is 5.28. The van der Waals surface area contributed by atoms with Gasteiger partial charge >= 0.3 is 0 Å². The van der Waals surface area contributed by atoms with E-state index in [-0.39, 0.29) is 5.92 Å². The van der Waals surface area contributed by atoms with Crippen LogP contribution in [0.1, 0.15) is 52.5 Å². The topological polar surface area (TPSA) is 26.3 Å². The Morgan fingerprint density at radius 3 is 2.24 bits per heavy atom. The summed E-state index contributed by atoms with van der Waals surface area (Å²) in [6.07, 6.45) is 3.20. The maximum atomic E-state index is 11.3. The molecule has 120 valence electrons. The van der Waals surface area contributed by atoms with Gasteiger partial charge in [0.05, 0.1) is 6.61 Å². The van der Waals surface area contributed by atoms with E-state index in [0.717, 1.165) is 32.5 Å². The maximum Gasteiger partial charge on any atom is 0.133 e. The molecule has 2 unspecified atom stereocenters. The lowest BCUT2D eigenvalue weighted by Crippen LogP contribution is -2.21. The molecule has 0 radical (unpaired) electrons. The Morgan fingerprint density at radius 1 is 1.29 bits per heavy atom. The van der Waals surface area contributed by atoms with Crippen LogP contribution in [0, 0.1) is 18.8 Å². The molecular formula is C19H32O2. The van der Waals surface area contributed by atoms with Gasteiger partial charge in [0.15, 0.2) is 0 Å². The zero-order valence-electron chi connectivity index (χ0n) is 14.4. The molecule has 1 fully saturated rings. The van der Waals surface area contributed by atoms with Gasteiger partial charge in [0.25, 0.3) is 0 Å². The minimum absolute atomic E-state index is 0.262. The van der Waals surface area contributed by atoms with Gasteiger partial charge < -0.3 is 4.74 Å². The molecule has 2 heteroatoms. The lowest BCUT2D eigenvalue weighted by atomic mass is 9.85. The van der Waals surface area contributed by atoms with Crippen molar-refractivity contribution in [3.8, 4) is 0 Å². The summed E-state index contributed by atoms with van der Waals surface area (Å²) in [6, 6.07) is 10.3. The molecular weight excluding hydrogens is 260 g/mol. The number of ether oxygens (including phenoxy) is 1. The molecule has 1 heterocycles. The lowest BCUT2D eigenvalue weighted by molar-refractivity contribution is -0.122. The third-order valence-electron chi connectivity index (χ3n) is 3.60. The Labute approximate surface area is 130 Å². The van der Waals surface area contributed by atoms with Crippen LogP contribution in [0.25, 0.3) is 0 Å². The Hall–Kier alpha value is -1.15. The van der Waals surface area contributed by atoms with E-state index in [9.17, 15) is 4.79 Å². The van der Waals surface area contributed by atoms with Crippen LogP contribution in [-0.2, 0) is 9.53 Å². The number of ketones is 1. The summed E-state index contributed by atoms with van der Waals surface area (Å²) in [4.78, 5) is 11.3. The third kappa shape index (κ3) is 8.67. The molecule has 0 N–H and O–H groups in total. The van der Waals surface area contributed by atoms with Gasteiger partial charge in [-0.1, -0.05) is 63.1 Å². The van der Waals surface area contributed by atoms with Crippen molar-refractivity contribution < 1.29 is 9.53 Å². The summed E-state index contributed by atoms with van der Waals surface area (Å²) in [5.74, 6) is 1.10. The molecule has 2 nitrogen and oxygen atoms in total. The van der Waals surface area contributed by atoms with Crippen LogP contribution in [0.4, 0.5) is 0 Å². The van der Waals surface area contributed by atoms with Crippen LogP contribution in [0.5, 0.6) is 0 Å². The number of Topliss-reactive ketones (excluding diaryl/α,β-unsaturated/α-hetero) is 1. The quantitative estimate of drug-likeness (QED) is 0.776. The molecule has 1 aromatic rings. The van der Waals surface area contributed by atoms with Crippen molar-refractivity contribution in [2.24, 2.45) is 11.8 Å². The Bertz CT molecular complexity index is 353. The molecule has 2 atom stereocenters. The van der Waals surface area contributed by atoms with Crippen LogP contribution in [0.3, 0.4) is 0 Å². The molecule has 0 bridgehead atoms. The number of hydrogen-bond donors (Lipinski definition) is 0. The first kappa shape index (κ1) is 19.9. The van der Waals surface area contributed by atoms with Crippen molar-refractivity contribution in [1.29, 1.82) is 0 Å². The number of benzene rings is 1. The smallest absolute Gasteiger partial charge is 0.133 e. The summed E-state index contributed by atoms with van der Waals surface area (Å²) < 4.78 is 5.28. The first-order valence-corrected chi connectivity index (χ1v) is 8.25. The summed E-state index contributed by atoms with van der Waals surface area (Å²) in [5.41, 5.74) is 1.32. The monoisotopic (exact) mass is 292 g/mol. The molecule has 0 amide bonds. The highest BCUT2D eigenvalue weighted by Gasteiger charge is 2.27. The van der Waals surface area contributed by atoms with E-state index in [1.807, 2.05) is 32.0 Å². The average molecular weight is 292 g/mol. The van der Waals surface area contributed by atoms with Gasteiger partial charge in [0.2, 0.25) is 0 Å². The largest absolute Gasteiger partial charge is 0.381 e. The van der Waals surface area contributed by atoms with Crippen molar-refractivity contribution >= 4 is 5.78 Å². The van der Waals surface area contributed by atoms with Gasteiger partial charge in [0.1, 0.15) is 5.78 Å². The number of hydrogen-bond acceptors (Lipinski definition) is 2. The summed E-state index contributed by atoms with van der Waals surface area (Å²) >= 11 is 0. The number of carbonyl (C=O) groups is 1. The fraction of sp³-hybridized carbons (Fsp3) is 0.632. The number of rotatable bonds is 4.